The highest BCUT2D eigenvalue weighted by Gasteiger charge is 2.26. The van der Waals surface area contributed by atoms with Crippen LogP contribution in [-0.2, 0) is 12.8 Å². The zero-order chi connectivity index (χ0) is 14.1. The molecule has 0 heterocycles. The number of aryl methyl sites for hydroxylation is 1. The second-order valence-electron chi connectivity index (χ2n) is 5.34. The van der Waals surface area contributed by atoms with Gasteiger partial charge in [-0.05, 0) is 60.1 Å². The molecule has 2 aromatic carbocycles. The van der Waals surface area contributed by atoms with Gasteiger partial charge in [0.1, 0.15) is 0 Å². The summed E-state index contributed by atoms with van der Waals surface area (Å²) in [6, 6.07) is 14.4. The summed E-state index contributed by atoms with van der Waals surface area (Å²) in [6.07, 6.45) is 3.41. The van der Waals surface area contributed by atoms with Crippen LogP contribution in [-0.4, -0.2) is 0 Å². The van der Waals surface area contributed by atoms with E-state index in [0.29, 0.717) is 5.92 Å². The fourth-order valence-corrected chi connectivity index (χ4v) is 4.33. The molecule has 3 rings (SSSR count). The third-order valence-corrected chi connectivity index (χ3v) is 5.87. The van der Waals surface area contributed by atoms with Crippen LogP contribution in [0.5, 0.6) is 0 Å². The molecule has 1 aliphatic rings. The summed E-state index contributed by atoms with van der Waals surface area (Å²) in [5, 5.41) is 1.53. The van der Waals surface area contributed by atoms with Crippen molar-refractivity contribution in [2.45, 2.75) is 24.1 Å². The number of halogens is 3. The van der Waals surface area contributed by atoms with Gasteiger partial charge in [0, 0.05) is 14.9 Å². The highest BCUT2D eigenvalue weighted by atomic mass is 79.9. The minimum Gasteiger partial charge on any atom is -0.0843 e. The normalized spacial score (nSPS) is 19.4. The van der Waals surface area contributed by atoms with E-state index in [4.69, 9.17) is 23.2 Å². The van der Waals surface area contributed by atoms with Gasteiger partial charge in [-0.3, -0.25) is 0 Å². The Labute approximate surface area is 138 Å². The van der Waals surface area contributed by atoms with E-state index in [-0.39, 0.29) is 4.83 Å². The van der Waals surface area contributed by atoms with Crippen LogP contribution in [0.25, 0.3) is 0 Å². The number of hydrogen-bond donors (Lipinski definition) is 0. The Balaban J connectivity index is 1.85. The molecule has 2 aromatic rings. The maximum absolute atomic E-state index is 6.32. The number of benzene rings is 2. The van der Waals surface area contributed by atoms with Gasteiger partial charge in [-0.15, -0.1) is 0 Å². The first-order chi connectivity index (χ1) is 9.65. The Morgan fingerprint density at radius 2 is 1.80 bits per heavy atom. The number of rotatable bonds is 2. The molecule has 0 N–H and O–H groups in total. The lowest BCUT2D eigenvalue weighted by atomic mass is 9.81. The summed E-state index contributed by atoms with van der Waals surface area (Å²) in [7, 11) is 0. The third-order valence-electron chi connectivity index (χ3n) is 4.05. The van der Waals surface area contributed by atoms with E-state index in [1.54, 1.807) is 0 Å². The van der Waals surface area contributed by atoms with Crippen LogP contribution < -0.4 is 0 Å². The Kier molecular flexibility index (Phi) is 4.40. The second kappa shape index (κ2) is 6.09. The van der Waals surface area contributed by atoms with Gasteiger partial charge < -0.3 is 0 Å². The van der Waals surface area contributed by atoms with E-state index in [9.17, 15) is 0 Å². The van der Waals surface area contributed by atoms with Crippen LogP contribution in [0, 0.1) is 5.92 Å². The monoisotopic (exact) mass is 368 g/mol. The average Bonchev–Trinajstić information content (AvgIpc) is 2.48. The van der Waals surface area contributed by atoms with Crippen LogP contribution in [0.3, 0.4) is 0 Å². The maximum Gasteiger partial charge on any atom is 0.0450 e. The summed E-state index contributed by atoms with van der Waals surface area (Å²) in [4.78, 5) is 0.252. The van der Waals surface area contributed by atoms with Crippen molar-refractivity contribution < 1.29 is 0 Å². The minimum atomic E-state index is 0.252. The van der Waals surface area contributed by atoms with Gasteiger partial charge in [0.25, 0.3) is 0 Å². The minimum absolute atomic E-state index is 0.252. The van der Waals surface area contributed by atoms with Crippen molar-refractivity contribution in [1.82, 2.24) is 0 Å². The Morgan fingerprint density at radius 3 is 2.60 bits per heavy atom. The summed E-state index contributed by atoms with van der Waals surface area (Å²) in [6.45, 7) is 0. The summed E-state index contributed by atoms with van der Waals surface area (Å²) in [5.74, 6) is 0.556. The molecule has 1 aliphatic carbocycles. The predicted molar refractivity (Wildman–Crippen MR) is 90.1 cm³/mol. The molecular formula is C17H15BrCl2. The fourth-order valence-electron chi connectivity index (χ4n) is 2.96. The summed E-state index contributed by atoms with van der Waals surface area (Å²) in [5.41, 5.74) is 4.05. The lowest BCUT2D eigenvalue weighted by Crippen LogP contribution is -2.18. The predicted octanol–water partition coefficient (Wildman–Crippen LogP) is 6.23. The fraction of sp³-hybridized carbons (Fsp3) is 0.294. The SMILES string of the molecule is Clc1ccc(Cl)c(C(Br)C2CCc3ccccc3C2)c1. The number of hydrogen-bond acceptors (Lipinski definition) is 0. The van der Waals surface area contributed by atoms with E-state index < -0.39 is 0 Å². The number of fused-ring (bicyclic) bond motifs is 1. The average molecular weight is 370 g/mol. The quantitative estimate of drug-likeness (QED) is 0.550. The van der Waals surface area contributed by atoms with Crippen molar-refractivity contribution in [3.63, 3.8) is 0 Å². The number of alkyl halides is 1. The van der Waals surface area contributed by atoms with Crippen LogP contribution in [0.15, 0.2) is 42.5 Å². The molecule has 2 unspecified atom stereocenters. The van der Waals surface area contributed by atoms with Crippen molar-refractivity contribution in [1.29, 1.82) is 0 Å². The van der Waals surface area contributed by atoms with Crippen molar-refractivity contribution >= 4 is 39.1 Å². The highest BCUT2D eigenvalue weighted by molar-refractivity contribution is 9.09. The van der Waals surface area contributed by atoms with Crippen molar-refractivity contribution in [3.8, 4) is 0 Å². The molecule has 0 saturated heterocycles. The lowest BCUT2D eigenvalue weighted by molar-refractivity contribution is 0.453. The Hall–Kier alpha value is -0.500. The highest BCUT2D eigenvalue weighted by Crippen LogP contribution is 2.42. The van der Waals surface area contributed by atoms with Gasteiger partial charge in [-0.2, -0.15) is 0 Å². The molecular weight excluding hydrogens is 355 g/mol. The van der Waals surface area contributed by atoms with Gasteiger partial charge in [-0.25, -0.2) is 0 Å². The van der Waals surface area contributed by atoms with E-state index in [2.05, 4.69) is 40.2 Å². The molecule has 20 heavy (non-hydrogen) atoms. The van der Waals surface area contributed by atoms with E-state index in [0.717, 1.165) is 28.5 Å². The van der Waals surface area contributed by atoms with Gasteiger partial charge >= 0.3 is 0 Å². The molecule has 0 saturated carbocycles. The maximum atomic E-state index is 6.32. The largest absolute Gasteiger partial charge is 0.0843 e. The Morgan fingerprint density at radius 1 is 1.05 bits per heavy atom. The zero-order valence-electron chi connectivity index (χ0n) is 11.0. The van der Waals surface area contributed by atoms with E-state index in [1.807, 2.05) is 18.2 Å². The van der Waals surface area contributed by atoms with Gasteiger partial charge in [0.05, 0.1) is 0 Å². The first-order valence-corrected chi connectivity index (χ1v) is 8.48. The molecule has 0 radical (unpaired) electrons. The van der Waals surface area contributed by atoms with Crippen LogP contribution in [0.2, 0.25) is 10.0 Å². The van der Waals surface area contributed by atoms with Gasteiger partial charge in [0.15, 0.2) is 0 Å². The lowest BCUT2D eigenvalue weighted by Gasteiger charge is -2.29. The van der Waals surface area contributed by atoms with E-state index >= 15 is 0 Å². The van der Waals surface area contributed by atoms with Gasteiger partial charge in [-0.1, -0.05) is 63.4 Å². The van der Waals surface area contributed by atoms with Crippen LogP contribution in [0.4, 0.5) is 0 Å². The smallest absolute Gasteiger partial charge is 0.0450 e. The first-order valence-electron chi connectivity index (χ1n) is 6.81. The molecule has 0 fully saturated rings. The van der Waals surface area contributed by atoms with Crippen molar-refractivity contribution in [2.75, 3.05) is 0 Å². The molecule has 0 aliphatic heterocycles. The molecule has 0 amide bonds. The van der Waals surface area contributed by atoms with E-state index in [1.165, 1.54) is 17.5 Å². The van der Waals surface area contributed by atoms with Crippen molar-refractivity contribution in [2.24, 2.45) is 5.92 Å². The van der Waals surface area contributed by atoms with Crippen LogP contribution >= 0.6 is 39.1 Å². The zero-order valence-corrected chi connectivity index (χ0v) is 14.0. The molecule has 2 atom stereocenters. The standard InChI is InChI=1S/C17H15BrCl2/c18-17(15-10-14(19)7-8-16(15)20)13-6-5-11-3-1-2-4-12(11)9-13/h1-4,7-8,10,13,17H,5-6,9H2. The summed E-state index contributed by atoms with van der Waals surface area (Å²) >= 11 is 16.3. The topological polar surface area (TPSA) is 0 Å². The molecule has 0 aromatic heterocycles. The second-order valence-corrected chi connectivity index (χ2v) is 7.17. The third kappa shape index (κ3) is 2.90. The van der Waals surface area contributed by atoms with Gasteiger partial charge in [0.2, 0.25) is 0 Å². The Bertz CT molecular complexity index is 624. The molecule has 0 bridgehead atoms. The van der Waals surface area contributed by atoms with Crippen LogP contribution in [0.1, 0.15) is 27.9 Å². The molecule has 3 heteroatoms. The molecule has 0 nitrogen and oxygen atoms in total. The summed E-state index contributed by atoms with van der Waals surface area (Å²) < 4.78 is 0. The molecule has 104 valence electrons. The first kappa shape index (κ1) is 14.4. The molecule has 0 spiro atoms. The van der Waals surface area contributed by atoms with Crippen molar-refractivity contribution in [3.05, 3.63) is 69.2 Å².